The summed E-state index contributed by atoms with van der Waals surface area (Å²) >= 11 is 1.46. The van der Waals surface area contributed by atoms with E-state index in [1.807, 2.05) is 18.2 Å². The van der Waals surface area contributed by atoms with Gasteiger partial charge in [-0.3, -0.25) is 4.79 Å². The lowest BCUT2D eigenvalue weighted by Crippen LogP contribution is -2.15. The Labute approximate surface area is 200 Å². The standard InChI is InChI=1S/C27H23NO5S/c1-2-32-27(31)23-19-8-4-6-10-22(19)34-25(23)28-24(29)17-13-11-16(12-14-17)20-15-18-7-3-5-9-21(18)33-26(20)30/h3,5,7,9,11-15H,2,4,6,8,10H2,1H3,(H,28,29). The van der Waals surface area contributed by atoms with E-state index in [0.29, 0.717) is 32.8 Å². The van der Waals surface area contributed by atoms with Gasteiger partial charge in [-0.05, 0) is 68.0 Å². The minimum atomic E-state index is -0.431. The molecule has 0 aliphatic heterocycles. The third-order valence-corrected chi connectivity index (χ3v) is 7.18. The summed E-state index contributed by atoms with van der Waals surface area (Å²) < 4.78 is 10.7. The van der Waals surface area contributed by atoms with Gasteiger partial charge in [-0.2, -0.15) is 0 Å². The van der Waals surface area contributed by atoms with Crippen molar-refractivity contribution in [3.8, 4) is 11.1 Å². The van der Waals surface area contributed by atoms with Crippen LogP contribution in [0, 0.1) is 0 Å². The number of esters is 1. The van der Waals surface area contributed by atoms with Crippen molar-refractivity contribution >= 4 is 39.2 Å². The van der Waals surface area contributed by atoms with Crippen LogP contribution in [-0.4, -0.2) is 18.5 Å². The molecule has 0 fully saturated rings. The fraction of sp³-hybridized carbons (Fsp3) is 0.222. The van der Waals surface area contributed by atoms with E-state index in [4.69, 9.17) is 9.15 Å². The number of carbonyl (C=O) groups is 2. The Morgan fingerprint density at radius 3 is 2.62 bits per heavy atom. The second kappa shape index (κ2) is 9.27. The molecule has 34 heavy (non-hydrogen) atoms. The van der Waals surface area contributed by atoms with Crippen LogP contribution in [0.3, 0.4) is 0 Å². The molecule has 0 spiro atoms. The predicted octanol–water partition coefficient (Wildman–Crippen LogP) is 5.83. The summed E-state index contributed by atoms with van der Waals surface area (Å²) in [4.78, 5) is 39.2. The topological polar surface area (TPSA) is 85.6 Å². The number of aryl methyl sites for hydroxylation is 1. The molecule has 172 valence electrons. The van der Waals surface area contributed by atoms with E-state index in [1.54, 1.807) is 43.3 Å². The summed E-state index contributed by atoms with van der Waals surface area (Å²) in [6, 6.07) is 15.9. The van der Waals surface area contributed by atoms with Crippen LogP contribution in [0.5, 0.6) is 0 Å². The third-order valence-electron chi connectivity index (χ3n) is 5.98. The van der Waals surface area contributed by atoms with Crippen molar-refractivity contribution in [3.05, 3.63) is 86.6 Å². The Bertz CT molecular complexity index is 1450. The van der Waals surface area contributed by atoms with E-state index in [0.717, 1.165) is 41.5 Å². The monoisotopic (exact) mass is 473 g/mol. The molecule has 0 atom stereocenters. The lowest BCUT2D eigenvalue weighted by atomic mass is 9.95. The van der Waals surface area contributed by atoms with Crippen LogP contribution in [0.25, 0.3) is 22.1 Å². The summed E-state index contributed by atoms with van der Waals surface area (Å²) in [6.07, 6.45) is 3.82. The number of hydrogen-bond acceptors (Lipinski definition) is 6. The fourth-order valence-corrected chi connectivity index (χ4v) is 5.59. The highest BCUT2D eigenvalue weighted by atomic mass is 32.1. The fourth-order valence-electron chi connectivity index (χ4n) is 4.31. The first-order chi connectivity index (χ1) is 16.5. The van der Waals surface area contributed by atoms with E-state index in [9.17, 15) is 14.4 Å². The minimum absolute atomic E-state index is 0.279. The minimum Gasteiger partial charge on any atom is -0.462 e. The first-order valence-corrected chi connectivity index (χ1v) is 12.1. The molecule has 4 aromatic rings. The van der Waals surface area contributed by atoms with Gasteiger partial charge in [0.05, 0.1) is 17.7 Å². The predicted molar refractivity (Wildman–Crippen MR) is 133 cm³/mol. The molecule has 7 heteroatoms. The quantitative estimate of drug-likeness (QED) is 0.291. The van der Waals surface area contributed by atoms with Crippen LogP contribution < -0.4 is 10.9 Å². The molecule has 2 aromatic carbocycles. The normalized spacial score (nSPS) is 12.9. The number of hydrogen-bond donors (Lipinski definition) is 1. The van der Waals surface area contributed by atoms with Gasteiger partial charge in [0.1, 0.15) is 10.6 Å². The summed E-state index contributed by atoms with van der Waals surface area (Å²) in [6.45, 7) is 2.05. The number of anilines is 1. The Hall–Kier alpha value is -3.71. The zero-order chi connectivity index (χ0) is 23.7. The molecule has 0 radical (unpaired) electrons. The molecule has 1 aliphatic rings. The Kier molecular flexibility index (Phi) is 6.02. The molecule has 1 aliphatic carbocycles. The van der Waals surface area contributed by atoms with Gasteiger partial charge < -0.3 is 14.5 Å². The molecule has 2 heterocycles. The molecule has 2 aromatic heterocycles. The molecule has 0 saturated heterocycles. The number of para-hydroxylation sites is 1. The molecule has 5 rings (SSSR count). The van der Waals surface area contributed by atoms with Crippen LogP contribution in [0.1, 0.15) is 50.9 Å². The van der Waals surface area contributed by atoms with Crippen molar-refractivity contribution in [3.63, 3.8) is 0 Å². The summed E-state index contributed by atoms with van der Waals surface area (Å²) in [5.74, 6) is -0.711. The van der Waals surface area contributed by atoms with E-state index < -0.39 is 11.6 Å². The number of ether oxygens (including phenoxy) is 1. The van der Waals surface area contributed by atoms with Gasteiger partial charge in [-0.1, -0.05) is 30.3 Å². The number of thiophene rings is 1. The van der Waals surface area contributed by atoms with E-state index >= 15 is 0 Å². The maximum absolute atomic E-state index is 13.0. The average molecular weight is 474 g/mol. The van der Waals surface area contributed by atoms with Crippen molar-refractivity contribution in [2.75, 3.05) is 11.9 Å². The highest BCUT2D eigenvalue weighted by Gasteiger charge is 2.27. The molecular formula is C27H23NO5S. The van der Waals surface area contributed by atoms with Crippen LogP contribution in [0.15, 0.2) is 63.8 Å². The van der Waals surface area contributed by atoms with Crippen molar-refractivity contribution in [1.29, 1.82) is 0 Å². The number of benzene rings is 2. The van der Waals surface area contributed by atoms with Crippen molar-refractivity contribution in [2.45, 2.75) is 32.6 Å². The van der Waals surface area contributed by atoms with E-state index in [2.05, 4.69) is 5.32 Å². The molecule has 0 unspecified atom stereocenters. The molecular weight excluding hydrogens is 450 g/mol. The number of carbonyl (C=O) groups excluding carboxylic acids is 2. The number of amides is 1. The Balaban J connectivity index is 1.42. The molecule has 1 N–H and O–H groups in total. The maximum Gasteiger partial charge on any atom is 0.344 e. The highest BCUT2D eigenvalue weighted by molar-refractivity contribution is 7.17. The Morgan fingerprint density at radius 1 is 1.06 bits per heavy atom. The van der Waals surface area contributed by atoms with Gasteiger partial charge in [-0.25, -0.2) is 9.59 Å². The van der Waals surface area contributed by atoms with Crippen LogP contribution in [-0.2, 0) is 17.6 Å². The summed E-state index contributed by atoms with van der Waals surface area (Å²) in [7, 11) is 0. The van der Waals surface area contributed by atoms with Crippen LogP contribution >= 0.6 is 11.3 Å². The smallest absolute Gasteiger partial charge is 0.344 e. The van der Waals surface area contributed by atoms with Gasteiger partial charge in [0.15, 0.2) is 0 Å². The first-order valence-electron chi connectivity index (χ1n) is 11.3. The van der Waals surface area contributed by atoms with Gasteiger partial charge in [-0.15, -0.1) is 11.3 Å². The van der Waals surface area contributed by atoms with E-state index in [-0.39, 0.29) is 12.5 Å². The zero-order valence-electron chi connectivity index (χ0n) is 18.7. The lowest BCUT2D eigenvalue weighted by molar-refractivity contribution is 0.0526. The van der Waals surface area contributed by atoms with Gasteiger partial charge >= 0.3 is 11.6 Å². The first kappa shape index (κ1) is 22.1. The largest absolute Gasteiger partial charge is 0.462 e. The average Bonchev–Trinajstić information content (AvgIpc) is 3.21. The number of fused-ring (bicyclic) bond motifs is 2. The molecule has 6 nitrogen and oxygen atoms in total. The maximum atomic E-state index is 13.0. The van der Waals surface area contributed by atoms with E-state index in [1.165, 1.54) is 11.3 Å². The highest BCUT2D eigenvalue weighted by Crippen LogP contribution is 2.39. The third kappa shape index (κ3) is 4.15. The second-order valence-corrected chi connectivity index (χ2v) is 9.26. The number of nitrogens with one attached hydrogen (secondary N) is 1. The van der Waals surface area contributed by atoms with Crippen molar-refractivity contribution < 1.29 is 18.7 Å². The van der Waals surface area contributed by atoms with Crippen molar-refractivity contribution in [2.24, 2.45) is 0 Å². The number of rotatable bonds is 5. The summed E-state index contributed by atoms with van der Waals surface area (Å²) in [5.41, 5.74) is 3.11. The van der Waals surface area contributed by atoms with Gasteiger partial charge in [0.2, 0.25) is 0 Å². The molecule has 0 saturated carbocycles. The van der Waals surface area contributed by atoms with Crippen molar-refractivity contribution in [1.82, 2.24) is 0 Å². The van der Waals surface area contributed by atoms with Crippen LogP contribution in [0.2, 0.25) is 0 Å². The SMILES string of the molecule is CCOC(=O)c1c(NC(=O)c2ccc(-c3cc4ccccc4oc3=O)cc2)sc2c1CCCC2. The summed E-state index contributed by atoms with van der Waals surface area (Å²) in [5, 5.41) is 4.28. The van der Waals surface area contributed by atoms with Gasteiger partial charge in [0, 0.05) is 15.8 Å². The molecule has 1 amide bonds. The second-order valence-electron chi connectivity index (χ2n) is 8.15. The Morgan fingerprint density at radius 2 is 1.82 bits per heavy atom. The van der Waals surface area contributed by atoms with Crippen LogP contribution in [0.4, 0.5) is 5.00 Å². The molecule has 0 bridgehead atoms. The van der Waals surface area contributed by atoms with Gasteiger partial charge in [0.25, 0.3) is 5.91 Å². The lowest BCUT2D eigenvalue weighted by Gasteiger charge is -2.12. The zero-order valence-corrected chi connectivity index (χ0v) is 19.5.